The molecule has 6 aromatic rings. The molecule has 284 valence electrons. The summed E-state index contributed by atoms with van der Waals surface area (Å²) < 4.78 is 10.6. The van der Waals surface area contributed by atoms with Gasteiger partial charge in [-0.15, -0.1) is 0 Å². The van der Waals surface area contributed by atoms with Crippen molar-refractivity contribution < 1.29 is 34.1 Å². The van der Waals surface area contributed by atoms with E-state index in [1.165, 1.54) is 36.2 Å². The molecule has 0 radical (unpaired) electrons. The lowest BCUT2D eigenvalue weighted by molar-refractivity contribution is -0.114. The van der Waals surface area contributed by atoms with Gasteiger partial charge in [0.05, 0.1) is 25.6 Å². The maximum absolute atomic E-state index is 14.9. The number of amidine groups is 2. The van der Waals surface area contributed by atoms with Gasteiger partial charge >= 0.3 is 0 Å². The van der Waals surface area contributed by atoms with E-state index in [1.807, 2.05) is 66.7 Å². The van der Waals surface area contributed by atoms with Gasteiger partial charge in [-0.2, -0.15) is 0 Å². The molecule has 2 N–H and O–H groups in total. The van der Waals surface area contributed by atoms with Gasteiger partial charge < -0.3 is 19.7 Å². The van der Waals surface area contributed by atoms with Crippen molar-refractivity contribution in [3.05, 3.63) is 190 Å². The zero-order valence-electron chi connectivity index (χ0n) is 31.2. The Morgan fingerprint density at radius 3 is 1.45 bits per heavy atom. The van der Waals surface area contributed by atoms with Crippen molar-refractivity contribution in [1.29, 1.82) is 0 Å². The SMILES string of the molecule is COc1cc(/C=C2\N=C(c3ccccc3)N(c3ccc(C(=O)c4ccccc4)cc3N3C(=O)/C(=C/c4ccc(O)c(OC)c4)N=C3c3ccccc3)C2=O)ccc1O. The number of carbonyl (C=O) groups excluding carboxylic acids is 3. The van der Waals surface area contributed by atoms with Crippen molar-refractivity contribution in [3.63, 3.8) is 0 Å². The maximum atomic E-state index is 14.9. The lowest BCUT2D eigenvalue weighted by Gasteiger charge is -2.27. The first-order valence-electron chi connectivity index (χ1n) is 18.1. The predicted octanol–water partition coefficient (Wildman–Crippen LogP) is 8.02. The summed E-state index contributed by atoms with van der Waals surface area (Å²) in [6, 6.07) is 41.3. The number of hydrogen-bond acceptors (Lipinski definition) is 9. The number of amides is 2. The van der Waals surface area contributed by atoms with Gasteiger partial charge in [0.15, 0.2) is 28.8 Å². The van der Waals surface area contributed by atoms with Crippen LogP contribution in [0.5, 0.6) is 23.0 Å². The van der Waals surface area contributed by atoms with Crippen LogP contribution in [0.3, 0.4) is 0 Å². The third-order valence-corrected chi connectivity index (χ3v) is 9.55. The number of ketones is 1. The van der Waals surface area contributed by atoms with Crippen molar-refractivity contribution in [2.75, 3.05) is 24.0 Å². The Kier molecular flexibility index (Phi) is 9.92. The fourth-order valence-electron chi connectivity index (χ4n) is 6.71. The Balaban J connectivity index is 1.34. The molecule has 0 bridgehead atoms. The second-order valence-corrected chi connectivity index (χ2v) is 13.2. The molecule has 0 aromatic heterocycles. The number of benzene rings is 6. The highest BCUT2D eigenvalue weighted by Crippen LogP contribution is 2.40. The van der Waals surface area contributed by atoms with Gasteiger partial charge in [0.2, 0.25) is 0 Å². The number of anilines is 2. The molecular formula is C47H34N4O7. The molecule has 2 heterocycles. The molecule has 0 atom stereocenters. The van der Waals surface area contributed by atoms with Crippen LogP contribution in [0.15, 0.2) is 167 Å². The Morgan fingerprint density at radius 1 is 0.534 bits per heavy atom. The average molecular weight is 767 g/mol. The van der Waals surface area contributed by atoms with E-state index in [0.29, 0.717) is 27.8 Å². The minimum absolute atomic E-state index is 0.0589. The minimum Gasteiger partial charge on any atom is -0.504 e. The molecular weight excluding hydrogens is 733 g/mol. The van der Waals surface area contributed by atoms with E-state index in [9.17, 15) is 24.6 Å². The maximum Gasteiger partial charge on any atom is 0.282 e. The van der Waals surface area contributed by atoms with Crippen LogP contribution in [0, 0.1) is 0 Å². The highest BCUT2D eigenvalue weighted by Gasteiger charge is 2.40. The number of nitrogens with zero attached hydrogens (tertiary/aromatic N) is 4. The van der Waals surface area contributed by atoms with E-state index in [1.54, 1.807) is 78.9 Å². The zero-order valence-corrected chi connectivity index (χ0v) is 31.2. The molecule has 8 rings (SSSR count). The highest BCUT2D eigenvalue weighted by atomic mass is 16.5. The second kappa shape index (κ2) is 15.6. The summed E-state index contributed by atoms with van der Waals surface area (Å²) in [7, 11) is 2.86. The predicted molar refractivity (Wildman–Crippen MR) is 223 cm³/mol. The lowest BCUT2D eigenvalue weighted by Crippen LogP contribution is -2.38. The fraction of sp³-hybridized carbons (Fsp3) is 0.0426. The molecule has 11 nitrogen and oxygen atoms in total. The smallest absolute Gasteiger partial charge is 0.282 e. The van der Waals surface area contributed by atoms with Gasteiger partial charge in [0.1, 0.15) is 23.1 Å². The van der Waals surface area contributed by atoms with Crippen LogP contribution in [-0.2, 0) is 9.59 Å². The Morgan fingerprint density at radius 2 is 0.983 bits per heavy atom. The van der Waals surface area contributed by atoms with Crippen molar-refractivity contribution in [2.24, 2.45) is 9.98 Å². The summed E-state index contributed by atoms with van der Waals surface area (Å²) in [5.74, 6) is -0.487. The summed E-state index contributed by atoms with van der Waals surface area (Å²) in [6.07, 6.45) is 3.17. The van der Waals surface area contributed by atoms with E-state index in [-0.39, 0.29) is 68.8 Å². The number of hydrogen-bond donors (Lipinski definition) is 2. The number of ether oxygens (including phenoxy) is 2. The summed E-state index contributed by atoms with van der Waals surface area (Å²) in [4.78, 5) is 56.2. The van der Waals surface area contributed by atoms with Crippen molar-refractivity contribution in [3.8, 4) is 23.0 Å². The summed E-state index contributed by atoms with van der Waals surface area (Å²) >= 11 is 0. The molecule has 6 aromatic carbocycles. The largest absolute Gasteiger partial charge is 0.504 e. The second-order valence-electron chi connectivity index (χ2n) is 13.2. The van der Waals surface area contributed by atoms with Gasteiger partial charge in [-0.05, 0) is 65.7 Å². The first kappa shape index (κ1) is 36.9. The molecule has 0 fully saturated rings. The molecule has 11 heteroatoms. The van der Waals surface area contributed by atoms with Crippen molar-refractivity contribution in [1.82, 2.24) is 0 Å². The standard InChI is InChI=1S/C47H34N4O7/c1-57-41-26-29(18-22-39(41)52)24-35-46(55)50(44(48-35)32-14-8-4-9-15-32)37-21-20-34(43(54)31-12-6-3-7-13-31)28-38(37)51-45(33-16-10-5-11-17-33)49-36(47(51)56)25-30-19-23-40(53)42(27-30)58-2/h3-28,52-53H,1-2H3/b35-24-,36-25-. The molecule has 0 aliphatic carbocycles. The third kappa shape index (κ3) is 6.99. The minimum atomic E-state index is -0.534. The molecule has 0 saturated heterocycles. The molecule has 2 aliphatic heterocycles. The van der Waals surface area contributed by atoms with E-state index in [4.69, 9.17) is 19.5 Å². The van der Waals surface area contributed by atoms with Crippen LogP contribution < -0.4 is 19.3 Å². The average Bonchev–Trinajstić information content (AvgIpc) is 3.76. The molecule has 2 aliphatic rings. The molecule has 58 heavy (non-hydrogen) atoms. The number of methoxy groups -OCH3 is 2. The summed E-state index contributed by atoms with van der Waals surface area (Å²) in [6.45, 7) is 0. The van der Waals surface area contributed by atoms with E-state index >= 15 is 0 Å². The Labute approximate surface area is 333 Å². The fourth-order valence-corrected chi connectivity index (χ4v) is 6.71. The van der Waals surface area contributed by atoms with Crippen LogP contribution in [0.2, 0.25) is 0 Å². The highest BCUT2D eigenvalue weighted by molar-refractivity contribution is 6.38. The number of carbonyl (C=O) groups is 3. The normalized spacial score (nSPS) is 15.2. The van der Waals surface area contributed by atoms with Crippen molar-refractivity contribution in [2.45, 2.75) is 0 Å². The molecule has 2 amide bonds. The molecule has 0 spiro atoms. The summed E-state index contributed by atoms with van der Waals surface area (Å²) in [5, 5.41) is 20.5. The van der Waals surface area contributed by atoms with Gasteiger partial charge in [-0.3, -0.25) is 24.2 Å². The summed E-state index contributed by atoms with van der Waals surface area (Å²) in [5.41, 5.74) is 3.60. The number of phenols is 2. The van der Waals surface area contributed by atoms with Crippen LogP contribution in [-0.4, -0.2) is 53.7 Å². The van der Waals surface area contributed by atoms with Gasteiger partial charge in [0.25, 0.3) is 11.8 Å². The topological polar surface area (TPSA) is 141 Å². The monoisotopic (exact) mass is 766 g/mol. The molecule has 0 unspecified atom stereocenters. The van der Waals surface area contributed by atoms with Crippen LogP contribution in [0.1, 0.15) is 38.2 Å². The zero-order chi connectivity index (χ0) is 40.3. The number of rotatable bonds is 10. The molecule has 0 saturated carbocycles. The Hall–Kier alpha value is -8.05. The number of phenolic OH excluding ortho intramolecular Hbond substituents is 2. The third-order valence-electron chi connectivity index (χ3n) is 9.55. The van der Waals surface area contributed by atoms with Gasteiger partial charge in [0, 0.05) is 22.3 Å². The van der Waals surface area contributed by atoms with Crippen LogP contribution in [0.25, 0.3) is 12.2 Å². The Bertz CT molecular complexity index is 2730. The van der Waals surface area contributed by atoms with Crippen LogP contribution in [0.4, 0.5) is 11.4 Å². The quantitative estimate of drug-likeness (QED) is 0.106. The lowest BCUT2D eigenvalue weighted by atomic mass is 10.0. The number of aromatic hydroxyl groups is 2. The van der Waals surface area contributed by atoms with E-state index < -0.39 is 11.8 Å². The van der Waals surface area contributed by atoms with Gasteiger partial charge in [-0.1, -0.05) is 103 Å². The first-order valence-corrected chi connectivity index (χ1v) is 18.1. The van der Waals surface area contributed by atoms with E-state index in [2.05, 4.69) is 0 Å². The van der Waals surface area contributed by atoms with E-state index in [0.717, 1.165) is 0 Å². The van der Waals surface area contributed by atoms with Crippen LogP contribution >= 0.6 is 0 Å². The van der Waals surface area contributed by atoms with Crippen molar-refractivity contribution >= 4 is 52.8 Å². The first-order chi connectivity index (χ1) is 28.2. The number of aliphatic imine (C=N–C) groups is 2. The van der Waals surface area contributed by atoms with Gasteiger partial charge in [-0.25, -0.2) is 9.98 Å².